The first-order chi connectivity index (χ1) is 13.2. The lowest BCUT2D eigenvalue weighted by Crippen LogP contribution is -2.34. The maximum absolute atomic E-state index is 13.2. The molecule has 2 aliphatic heterocycles. The quantitative estimate of drug-likeness (QED) is 0.767. The summed E-state index contributed by atoms with van der Waals surface area (Å²) in [6.45, 7) is 1.90. The molecule has 1 fully saturated rings. The zero-order valence-corrected chi connectivity index (χ0v) is 15.4. The summed E-state index contributed by atoms with van der Waals surface area (Å²) in [6, 6.07) is 16.9. The number of carbonyl (C=O) groups excluding carboxylic acids is 2. The van der Waals surface area contributed by atoms with Crippen LogP contribution in [0.2, 0.25) is 0 Å². The van der Waals surface area contributed by atoms with Crippen molar-refractivity contribution in [3.63, 3.8) is 0 Å². The summed E-state index contributed by atoms with van der Waals surface area (Å²) in [5.41, 5.74) is 2.77. The van der Waals surface area contributed by atoms with E-state index in [2.05, 4.69) is 4.90 Å². The molecule has 27 heavy (non-hydrogen) atoms. The third kappa shape index (κ3) is 3.21. The summed E-state index contributed by atoms with van der Waals surface area (Å²) in [5, 5.41) is 0. The van der Waals surface area contributed by atoms with E-state index < -0.39 is 0 Å². The molecule has 5 nitrogen and oxygen atoms in total. The standard InChI is InChI=1S/C22H22N2O3/c1-27-18-11-9-16(10-12-18)15-24-21(25)19(17-7-3-2-4-8-17)20(22(24)26)23-13-5-6-14-23/h2-4,7-12H,5-6,13-15H2,1H3. The lowest BCUT2D eigenvalue weighted by molar-refractivity contribution is -0.138. The van der Waals surface area contributed by atoms with Gasteiger partial charge in [-0.1, -0.05) is 42.5 Å². The smallest absolute Gasteiger partial charge is 0.278 e. The highest BCUT2D eigenvalue weighted by Crippen LogP contribution is 2.34. The average molecular weight is 362 g/mol. The van der Waals surface area contributed by atoms with Crippen LogP contribution in [0.15, 0.2) is 60.3 Å². The van der Waals surface area contributed by atoms with Crippen molar-refractivity contribution in [3.8, 4) is 5.75 Å². The molecular weight excluding hydrogens is 340 g/mol. The SMILES string of the molecule is COc1ccc(CN2C(=O)C(c3ccccc3)=C(N3CCCC3)C2=O)cc1. The molecule has 0 bridgehead atoms. The Morgan fingerprint density at radius 1 is 0.889 bits per heavy atom. The molecule has 138 valence electrons. The number of benzene rings is 2. The van der Waals surface area contributed by atoms with Gasteiger partial charge in [-0.2, -0.15) is 0 Å². The van der Waals surface area contributed by atoms with Crippen LogP contribution in [0.4, 0.5) is 0 Å². The van der Waals surface area contributed by atoms with Crippen LogP contribution in [-0.4, -0.2) is 41.8 Å². The first-order valence-corrected chi connectivity index (χ1v) is 9.23. The van der Waals surface area contributed by atoms with Gasteiger partial charge in [0.1, 0.15) is 11.4 Å². The van der Waals surface area contributed by atoms with Crippen molar-refractivity contribution >= 4 is 17.4 Å². The Morgan fingerprint density at radius 3 is 2.19 bits per heavy atom. The van der Waals surface area contributed by atoms with Gasteiger partial charge in [-0.15, -0.1) is 0 Å². The minimum absolute atomic E-state index is 0.198. The van der Waals surface area contributed by atoms with Gasteiger partial charge >= 0.3 is 0 Å². The first-order valence-electron chi connectivity index (χ1n) is 9.23. The average Bonchev–Trinajstić information content (AvgIpc) is 3.31. The zero-order chi connectivity index (χ0) is 18.8. The normalized spacial score (nSPS) is 17.2. The van der Waals surface area contributed by atoms with E-state index in [4.69, 9.17) is 4.74 Å². The van der Waals surface area contributed by atoms with Gasteiger partial charge in [0.15, 0.2) is 0 Å². The van der Waals surface area contributed by atoms with Crippen LogP contribution in [-0.2, 0) is 16.1 Å². The van der Waals surface area contributed by atoms with E-state index in [0.29, 0.717) is 11.3 Å². The van der Waals surface area contributed by atoms with Crippen molar-refractivity contribution in [2.75, 3.05) is 20.2 Å². The highest BCUT2D eigenvalue weighted by atomic mass is 16.5. The molecule has 5 heteroatoms. The van der Waals surface area contributed by atoms with Crippen LogP contribution in [0.1, 0.15) is 24.0 Å². The lowest BCUT2D eigenvalue weighted by atomic mass is 10.0. The number of amides is 2. The van der Waals surface area contributed by atoms with Crippen LogP contribution in [0.3, 0.4) is 0 Å². The number of hydrogen-bond acceptors (Lipinski definition) is 4. The monoisotopic (exact) mass is 362 g/mol. The van der Waals surface area contributed by atoms with E-state index >= 15 is 0 Å². The van der Waals surface area contributed by atoms with Gasteiger partial charge < -0.3 is 9.64 Å². The number of carbonyl (C=O) groups is 2. The molecule has 0 unspecified atom stereocenters. The van der Waals surface area contributed by atoms with Crippen molar-refractivity contribution in [1.82, 2.24) is 9.80 Å². The molecule has 0 saturated carbocycles. The third-order valence-electron chi connectivity index (χ3n) is 5.13. The van der Waals surface area contributed by atoms with Crippen molar-refractivity contribution in [2.45, 2.75) is 19.4 Å². The molecule has 2 aromatic rings. The van der Waals surface area contributed by atoms with Crippen LogP contribution < -0.4 is 4.74 Å². The summed E-state index contributed by atoms with van der Waals surface area (Å²) >= 11 is 0. The molecule has 0 aliphatic carbocycles. The van der Waals surface area contributed by atoms with E-state index in [1.165, 1.54) is 4.90 Å². The molecule has 1 saturated heterocycles. The van der Waals surface area contributed by atoms with Crippen molar-refractivity contribution < 1.29 is 14.3 Å². The predicted molar refractivity (Wildman–Crippen MR) is 103 cm³/mol. The van der Waals surface area contributed by atoms with E-state index in [9.17, 15) is 9.59 Å². The fraction of sp³-hybridized carbons (Fsp3) is 0.273. The Labute approximate surface area is 158 Å². The number of hydrogen-bond donors (Lipinski definition) is 0. The number of methoxy groups -OCH3 is 1. The Hall–Kier alpha value is -3.08. The second-order valence-electron chi connectivity index (χ2n) is 6.83. The number of likely N-dealkylation sites (tertiary alicyclic amines) is 1. The number of imide groups is 1. The van der Waals surface area contributed by atoms with Gasteiger partial charge in [-0.25, -0.2) is 0 Å². The van der Waals surface area contributed by atoms with E-state index in [1.807, 2.05) is 54.6 Å². The summed E-state index contributed by atoms with van der Waals surface area (Å²) in [4.78, 5) is 29.8. The lowest BCUT2D eigenvalue weighted by Gasteiger charge is -2.20. The van der Waals surface area contributed by atoms with Gasteiger partial charge in [0.2, 0.25) is 0 Å². The first kappa shape index (κ1) is 17.3. The summed E-state index contributed by atoms with van der Waals surface area (Å²) < 4.78 is 5.18. The van der Waals surface area contributed by atoms with E-state index in [0.717, 1.165) is 42.8 Å². The molecule has 0 radical (unpaired) electrons. The second-order valence-corrected chi connectivity index (χ2v) is 6.83. The maximum atomic E-state index is 13.2. The van der Waals surface area contributed by atoms with Crippen molar-refractivity contribution in [2.24, 2.45) is 0 Å². The topological polar surface area (TPSA) is 49.9 Å². The van der Waals surface area contributed by atoms with Crippen LogP contribution in [0.25, 0.3) is 5.57 Å². The Bertz CT molecular complexity index is 882. The van der Waals surface area contributed by atoms with Gasteiger partial charge in [0.25, 0.3) is 11.8 Å². The number of nitrogens with zero attached hydrogens (tertiary/aromatic N) is 2. The minimum Gasteiger partial charge on any atom is -0.497 e. The summed E-state index contributed by atoms with van der Waals surface area (Å²) in [6.07, 6.45) is 2.09. The van der Waals surface area contributed by atoms with Crippen molar-refractivity contribution in [1.29, 1.82) is 0 Å². The van der Waals surface area contributed by atoms with Crippen LogP contribution in [0.5, 0.6) is 5.75 Å². The zero-order valence-electron chi connectivity index (χ0n) is 15.4. The predicted octanol–water partition coefficient (Wildman–Crippen LogP) is 3.07. The van der Waals surface area contributed by atoms with Crippen molar-refractivity contribution in [3.05, 3.63) is 71.4 Å². The molecule has 0 spiro atoms. The van der Waals surface area contributed by atoms with Crippen LogP contribution in [0, 0.1) is 0 Å². The number of ether oxygens (including phenoxy) is 1. The fourth-order valence-electron chi connectivity index (χ4n) is 3.72. The fourth-order valence-corrected chi connectivity index (χ4v) is 3.72. The molecule has 0 aromatic heterocycles. The van der Waals surface area contributed by atoms with Gasteiger partial charge in [-0.05, 0) is 36.1 Å². The highest BCUT2D eigenvalue weighted by Gasteiger charge is 2.41. The summed E-state index contributed by atoms with van der Waals surface area (Å²) in [7, 11) is 1.61. The summed E-state index contributed by atoms with van der Waals surface area (Å²) in [5.74, 6) is 0.333. The Kier molecular flexibility index (Phi) is 4.67. The molecule has 0 N–H and O–H groups in total. The maximum Gasteiger partial charge on any atom is 0.278 e. The van der Waals surface area contributed by atoms with E-state index in [1.54, 1.807) is 7.11 Å². The second kappa shape index (κ2) is 7.27. The molecule has 2 aromatic carbocycles. The molecule has 0 atom stereocenters. The molecule has 4 rings (SSSR count). The Balaban J connectivity index is 1.68. The Morgan fingerprint density at radius 2 is 1.56 bits per heavy atom. The van der Waals surface area contributed by atoms with Crippen LogP contribution >= 0.6 is 0 Å². The molecule has 2 aliphatic rings. The highest BCUT2D eigenvalue weighted by molar-refractivity contribution is 6.35. The van der Waals surface area contributed by atoms with E-state index in [-0.39, 0.29) is 18.4 Å². The third-order valence-corrected chi connectivity index (χ3v) is 5.13. The largest absolute Gasteiger partial charge is 0.497 e. The van der Waals surface area contributed by atoms with Gasteiger partial charge in [-0.3, -0.25) is 14.5 Å². The molecular formula is C22H22N2O3. The molecule has 2 heterocycles. The van der Waals surface area contributed by atoms with Gasteiger partial charge in [0, 0.05) is 13.1 Å². The molecule has 2 amide bonds. The van der Waals surface area contributed by atoms with Gasteiger partial charge in [0.05, 0.1) is 19.2 Å². The minimum atomic E-state index is -0.219. The number of rotatable bonds is 5.